The van der Waals surface area contributed by atoms with Crippen LogP contribution in [0.3, 0.4) is 0 Å². The van der Waals surface area contributed by atoms with Crippen molar-refractivity contribution in [2.75, 3.05) is 12.4 Å². The number of aryl methyl sites for hydroxylation is 2. The lowest BCUT2D eigenvalue weighted by Gasteiger charge is -2.09. The lowest BCUT2D eigenvalue weighted by atomic mass is 10.2. The molecule has 3 rings (SSSR count). The smallest absolute Gasteiger partial charge is 0.191 e. The molecule has 1 heterocycles. The third kappa shape index (κ3) is 5.73. The Bertz CT molecular complexity index is 1090. The van der Waals surface area contributed by atoms with Gasteiger partial charge < -0.3 is 9.30 Å². The van der Waals surface area contributed by atoms with Crippen LogP contribution in [0.4, 0.5) is 0 Å². The van der Waals surface area contributed by atoms with Crippen molar-refractivity contribution in [2.45, 2.75) is 36.2 Å². The molecular formula is C22H25N3O3S2. The summed E-state index contributed by atoms with van der Waals surface area (Å²) in [6.07, 6.45) is 1.71. The fourth-order valence-electron chi connectivity index (χ4n) is 2.77. The van der Waals surface area contributed by atoms with Crippen molar-refractivity contribution in [2.24, 2.45) is 0 Å². The topological polar surface area (TPSA) is 74.1 Å². The highest BCUT2D eigenvalue weighted by Crippen LogP contribution is 2.22. The molecule has 1 aromatic heterocycles. The molecule has 0 amide bonds. The maximum absolute atomic E-state index is 12.8. The van der Waals surface area contributed by atoms with Gasteiger partial charge in [0.25, 0.3) is 0 Å². The van der Waals surface area contributed by atoms with E-state index < -0.39 is 9.84 Å². The van der Waals surface area contributed by atoms with Gasteiger partial charge in [-0.25, -0.2) is 8.42 Å². The third-order valence-electron chi connectivity index (χ3n) is 4.41. The summed E-state index contributed by atoms with van der Waals surface area (Å²) in [5.74, 6) is 1.67. The van der Waals surface area contributed by atoms with E-state index in [1.807, 2.05) is 38.1 Å². The Kier molecular flexibility index (Phi) is 7.33. The van der Waals surface area contributed by atoms with Crippen molar-refractivity contribution in [1.82, 2.24) is 14.8 Å². The van der Waals surface area contributed by atoms with Crippen molar-refractivity contribution in [1.29, 1.82) is 0 Å². The molecule has 0 radical (unpaired) electrons. The molecule has 0 aliphatic rings. The van der Waals surface area contributed by atoms with Gasteiger partial charge in [-0.3, -0.25) is 0 Å². The van der Waals surface area contributed by atoms with Crippen molar-refractivity contribution in [3.05, 3.63) is 78.1 Å². The van der Waals surface area contributed by atoms with Crippen molar-refractivity contribution < 1.29 is 13.2 Å². The molecule has 0 atom stereocenters. The standard InChI is InChI=1S/C22H25N3O3S2/c1-4-13-25-21(16-30(26,27)20-11-7-18(3)8-12-20)23-24-22(25)29-15-14-28-19-9-5-17(2)6-10-19/h4-12H,1,13-16H2,2-3H3. The lowest BCUT2D eigenvalue weighted by Crippen LogP contribution is -2.12. The minimum absolute atomic E-state index is 0.211. The molecule has 0 saturated carbocycles. The molecule has 0 fully saturated rings. The first-order chi connectivity index (χ1) is 14.4. The highest BCUT2D eigenvalue weighted by molar-refractivity contribution is 7.99. The zero-order valence-electron chi connectivity index (χ0n) is 17.1. The monoisotopic (exact) mass is 443 g/mol. The Morgan fingerprint density at radius 2 is 1.67 bits per heavy atom. The largest absolute Gasteiger partial charge is 0.493 e. The molecule has 0 bridgehead atoms. The van der Waals surface area contributed by atoms with Gasteiger partial charge in [-0.1, -0.05) is 53.2 Å². The number of aromatic nitrogens is 3. The van der Waals surface area contributed by atoms with E-state index in [0.29, 0.717) is 29.9 Å². The van der Waals surface area contributed by atoms with Crippen LogP contribution in [-0.4, -0.2) is 35.5 Å². The van der Waals surface area contributed by atoms with Crippen LogP contribution in [0.15, 0.2) is 71.2 Å². The van der Waals surface area contributed by atoms with Crippen LogP contribution in [-0.2, 0) is 22.1 Å². The summed E-state index contributed by atoms with van der Waals surface area (Å²) >= 11 is 1.48. The minimum atomic E-state index is -3.51. The van der Waals surface area contributed by atoms with Gasteiger partial charge in [-0.15, -0.1) is 16.8 Å². The van der Waals surface area contributed by atoms with Crippen molar-refractivity contribution >= 4 is 21.6 Å². The van der Waals surface area contributed by atoms with Crippen LogP contribution in [0.2, 0.25) is 0 Å². The molecule has 30 heavy (non-hydrogen) atoms. The van der Waals surface area contributed by atoms with Crippen LogP contribution >= 0.6 is 11.8 Å². The number of nitrogens with zero attached hydrogens (tertiary/aromatic N) is 3. The number of ether oxygens (including phenoxy) is 1. The molecule has 8 heteroatoms. The first-order valence-corrected chi connectivity index (χ1v) is 12.2. The van der Waals surface area contributed by atoms with Gasteiger partial charge in [-0.2, -0.15) is 0 Å². The van der Waals surface area contributed by atoms with Crippen LogP contribution in [0.25, 0.3) is 0 Å². The van der Waals surface area contributed by atoms with Gasteiger partial charge in [0.05, 0.1) is 11.5 Å². The summed E-state index contributed by atoms with van der Waals surface area (Å²) in [6.45, 7) is 8.66. The summed E-state index contributed by atoms with van der Waals surface area (Å²) in [6, 6.07) is 14.7. The number of rotatable bonds is 10. The number of thioether (sulfide) groups is 1. The van der Waals surface area contributed by atoms with E-state index in [-0.39, 0.29) is 10.6 Å². The molecule has 3 aromatic rings. The Morgan fingerprint density at radius 3 is 2.30 bits per heavy atom. The molecule has 0 spiro atoms. The second kappa shape index (κ2) is 9.95. The highest BCUT2D eigenvalue weighted by atomic mass is 32.2. The average molecular weight is 444 g/mol. The summed E-state index contributed by atoms with van der Waals surface area (Å²) < 4.78 is 33.1. The molecule has 0 unspecified atom stereocenters. The van der Waals surface area contributed by atoms with E-state index >= 15 is 0 Å². The Labute approximate surface area is 181 Å². The van der Waals surface area contributed by atoms with Crippen LogP contribution < -0.4 is 4.74 Å². The lowest BCUT2D eigenvalue weighted by molar-refractivity contribution is 0.343. The Morgan fingerprint density at radius 1 is 1.03 bits per heavy atom. The van der Waals surface area contributed by atoms with Crippen LogP contribution in [0.1, 0.15) is 17.0 Å². The zero-order chi connectivity index (χ0) is 21.6. The second-order valence-electron chi connectivity index (χ2n) is 6.88. The molecular weight excluding hydrogens is 418 g/mol. The highest BCUT2D eigenvalue weighted by Gasteiger charge is 2.21. The van der Waals surface area contributed by atoms with Crippen molar-refractivity contribution in [3.63, 3.8) is 0 Å². The normalized spacial score (nSPS) is 11.4. The molecule has 2 aromatic carbocycles. The summed E-state index contributed by atoms with van der Waals surface area (Å²) in [4.78, 5) is 0.280. The first-order valence-electron chi connectivity index (χ1n) is 9.54. The fourth-order valence-corrected chi connectivity index (χ4v) is 4.83. The van der Waals surface area contributed by atoms with Gasteiger partial charge >= 0.3 is 0 Å². The first kappa shape index (κ1) is 22.1. The molecule has 0 aliphatic carbocycles. The third-order valence-corrected chi connectivity index (χ3v) is 6.97. The van der Waals surface area contributed by atoms with E-state index in [9.17, 15) is 8.42 Å². The van der Waals surface area contributed by atoms with E-state index in [4.69, 9.17) is 4.74 Å². The van der Waals surface area contributed by atoms with E-state index in [2.05, 4.69) is 16.8 Å². The summed E-state index contributed by atoms with van der Waals surface area (Å²) in [7, 11) is -3.51. The maximum Gasteiger partial charge on any atom is 0.191 e. The van der Waals surface area contributed by atoms with Gasteiger partial charge in [0, 0.05) is 12.3 Å². The van der Waals surface area contributed by atoms with Gasteiger partial charge in [0.2, 0.25) is 0 Å². The number of allylic oxidation sites excluding steroid dienone is 1. The molecule has 0 saturated heterocycles. The molecule has 158 valence electrons. The van der Waals surface area contributed by atoms with Gasteiger partial charge in [0.1, 0.15) is 17.3 Å². The van der Waals surface area contributed by atoms with Crippen molar-refractivity contribution in [3.8, 4) is 5.75 Å². The Hall–Kier alpha value is -2.58. The number of benzene rings is 2. The van der Waals surface area contributed by atoms with Crippen LogP contribution in [0.5, 0.6) is 5.75 Å². The van der Waals surface area contributed by atoms with Gasteiger partial charge in [0.15, 0.2) is 15.0 Å². The second-order valence-corrected chi connectivity index (χ2v) is 9.93. The average Bonchev–Trinajstić information content (AvgIpc) is 3.08. The summed E-state index contributed by atoms with van der Waals surface area (Å²) in [5, 5.41) is 8.97. The van der Waals surface area contributed by atoms with E-state index in [1.165, 1.54) is 17.3 Å². The molecule has 6 nitrogen and oxygen atoms in total. The fraction of sp³-hybridized carbons (Fsp3) is 0.273. The number of sulfone groups is 1. The minimum Gasteiger partial charge on any atom is -0.493 e. The molecule has 0 aliphatic heterocycles. The SMILES string of the molecule is C=CCn1c(CS(=O)(=O)c2ccc(C)cc2)nnc1SCCOc1ccc(C)cc1. The van der Waals surface area contributed by atoms with E-state index in [1.54, 1.807) is 34.9 Å². The Balaban J connectivity index is 1.66. The summed E-state index contributed by atoms with van der Waals surface area (Å²) in [5.41, 5.74) is 2.19. The predicted molar refractivity (Wildman–Crippen MR) is 120 cm³/mol. The maximum atomic E-state index is 12.8. The quantitative estimate of drug-likeness (QED) is 0.265. The number of hydrogen-bond acceptors (Lipinski definition) is 6. The number of hydrogen-bond donors (Lipinski definition) is 0. The van der Waals surface area contributed by atoms with Gasteiger partial charge in [-0.05, 0) is 38.1 Å². The zero-order valence-corrected chi connectivity index (χ0v) is 18.7. The van der Waals surface area contributed by atoms with E-state index in [0.717, 1.165) is 11.3 Å². The van der Waals surface area contributed by atoms with Crippen LogP contribution in [0, 0.1) is 13.8 Å². The predicted octanol–water partition coefficient (Wildman–Crippen LogP) is 4.23. The molecule has 0 N–H and O–H groups in total.